The molecule has 0 fully saturated rings. The molecule has 0 radical (unpaired) electrons. The van der Waals surface area contributed by atoms with Crippen molar-refractivity contribution < 1.29 is 0 Å². The van der Waals surface area contributed by atoms with E-state index in [1.165, 1.54) is 9.08 Å². The topological polar surface area (TPSA) is 88.1 Å². The molecule has 0 saturated heterocycles. The molecule has 2 rings (SSSR count). The summed E-state index contributed by atoms with van der Waals surface area (Å²) in [6.45, 7) is 0.644. The highest BCUT2D eigenvalue weighted by molar-refractivity contribution is 5.42. The summed E-state index contributed by atoms with van der Waals surface area (Å²) in [5.74, 6) is 0. The molecule has 0 aliphatic carbocycles. The molecule has 0 saturated carbocycles. The Morgan fingerprint density at radius 2 is 2.40 bits per heavy atom. The smallest absolute Gasteiger partial charge is 0.276 e. The maximum absolute atomic E-state index is 11.8. The predicted octanol–water partition coefficient (Wildman–Crippen LogP) is 0.806. The van der Waals surface area contributed by atoms with Gasteiger partial charge >= 0.3 is 0 Å². The fourth-order valence-electron chi connectivity index (χ4n) is 1.33. The van der Waals surface area contributed by atoms with E-state index in [-0.39, 0.29) is 12.1 Å². The van der Waals surface area contributed by atoms with Crippen molar-refractivity contribution in [3.05, 3.63) is 45.5 Å². The molecular weight excluding hydrogens is 196 g/mol. The minimum absolute atomic E-state index is 0.136. The maximum atomic E-state index is 11.8. The third-order valence-corrected chi connectivity index (χ3v) is 2.04. The van der Waals surface area contributed by atoms with Crippen LogP contribution in [0.4, 0.5) is 0 Å². The molecule has 0 atom stereocenters. The Balaban J connectivity index is 2.39. The van der Waals surface area contributed by atoms with Crippen LogP contribution in [0.2, 0.25) is 0 Å². The Morgan fingerprint density at radius 1 is 1.53 bits per heavy atom. The summed E-state index contributed by atoms with van der Waals surface area (Å²) in [6.07, 6.45) is 4.87. The predicted molar refractivity (Wildman–Crippen MR) is 53.5 cm³/mol. The van der Waals surface area contributed by atoms with Gasteiger partial charge in [-0.15, -0.1) is 0 Å². The van der Waals surface area contributed by atoms with E-state index in [1.54, 1.807) is 24.7 Å². The minimum Gasteiger partial charge on any atom is -0.312 e. The second-order valence-electron chi connectivity index (χ2n) is 2.91. The van der Waals surface area contributed by atoms with Crippen LogP contribution in [0.1, 0.15) is 0 Å². The molecule has 0 N–H and O–H groups in total. The first-order valence-corrected chi connectivity index (χ1v) is 4.36. The van der Waals surface area contributed by atoms with Crippen LogP contribution in [0, 0.1) is 0 Å². The normalized spacial score (nSPS) is 10.1. The molecule has 0 aromatic carbocycles. The van der Waals surface area contributed by atoms with Gasteiger partial charge in [0.05, 0.1) is 6.20 Å². The average molecular weight is 204 g/mol. The molecule has 0 aliphatic rings. The quantitative estimate of drug-likeness (QED) is 0.420. The standard InChI is InChI=1S/C8H8N6O/c9-12-10-3-4-13-5-6-14-7(8(13)15)1-2-11-14/h1-2,5-6H,3-4H2. The second-order valence-corrected chi connectivity index (χ2v) is 2.91. The molecule has 7 nitrogen and oxygen atoms in total. The van der Waals surface area contributed by atoms with Gasteiger partial charge in [0.2, 0.25) is 0 Å². The summed E-state index contributed by atoms with van der Waals surface area (Å²) < 4.78 is 3.00. The van der Waals surface area contributed by atoms with Crippen molar-refractivity contribution in [2.45, 2.75) is 6.54 Å². The number of fused-ring (bicyclic) bond motifs is 1. The third-order valence-electron chi connectivity index (χ3n) is 2.04. The molecule has 0 bridgehead atoms. The van der Waals surface area contributed by atoms with Crippen molar-refractivity contribution >= 4 is 5.52 Å². The van der Waals surface area contributed by atoms with Gasteiger partial charge in [0, 0.05) is 30.4 Å². The first-order valence-electron chi connectivity index (χ1n) is 4.36. The van der Waals surface area contributed by atoms with Crippen LogP contribution in [0.15, 0.2) is 34.6 Å². The van der Waals surface area contributed by atoms with Gasteiger partial charge in [-0.05, 0) is 11.6 Å². The van der Waals surface area contributed by atoms with Crippen molar-refractivity contribution in [1.29, 1.82) is 0 Å². The molecule has 2 aromatic rings. The summed E-state index contributed by atoms with van der Waals surface area (Å²) >= 11 is 0. The van der Waals surface area contributed by atoms with Crippen molar-refractivity contribution in [2.75, 3.05) is 6.54 Å². The molecular formula is C8H8N6O. The highest BCUT2D eigenvalue weighted by Gasteiger charge is 2.01. The highest BCUT2D eigenvalue weighted by Crippen LogP contribution is 1.94. The maximum Gasteiger partial charge on any atom is 0.276 e. The average Bonchev–Trinajstić information content (AvgIpc) is 2.70. The van der Waals surface area contributed by atoms with E-state index < -0.39 is 0 Å². The summed E-state index contributed by atoms with van der Waals surface area (Å²) in [5, 5.41) is 7.31. The van der Waals surface area contributed by atoms with E-state index in [0.717, 1.165) is 0 Å². The minimum atomic E-state index is -0.136. The summed E-state index contributed by atoms with van der Waals surface area (Å²) in [7, 11) is 0. The molecule has 0 amide bonds. The highest BCUT2D eigenvalue weighted by atomic mass is 16.1. The zero-order valence-electron chi connectivity index (χ0n) is 7.82. The Labute approximate surface area is 84.2 Å². The molecule has 15 heavy (non-hydrogen) atoms. The molecule has 0 unspecified atom stereocenters. The summed E-state index contributed by atoms with van der Waals surface area (Å²) in [6, 6.07) is 1.65. The summed E-state index contributed by atoms with van der Waals surface area (Å²) in [5.41, 5.74) is 8.49. The number of hydrogen-bond donors (Lipinski definition) is 0. The van der Waals surface area contributed by atoms with Gasteiger partial charge in [0.15, 0.2) is 0 Å². The van der Waals surface area contributed by atoms with E-state index in [2.05, 4.69) is 15.1 Å². The summed E-state index contributed by atoms with van der Waals surface area (Å²) in [4.78, 5) is 14.4. The van der Waals surface area contributed by atoms with Crippen LogP contribution in [-0.4, -0.2) is 20.7 Å². The van der Waals surface area contributed by atoms with Gasteiger partial charge in [-0.3, -0.25) is 4.79 Å². The van der Waals surface area contributed by atoms with Crippen LogP contribution >= 0.6 is 0 Å². The van der Waals surface area contributed by atoms with Gasteiger partial charge in [-0.1, -0.05) is 5.11 Å². The third kappa shape index (κ3) is 1.68. The lowest BCUT2D eigenvalue weighted by atomic mass is 10.5. The van der Waals surface area contributed by atoms with Crippen molar-refractivity contribution in [3.8, 4) is 0 Å². The first-order chi connectivity index (χ1) is 7.33. The largest absolute Gasteiger partial charge is 0.312 e. The van der Waals surface area contributed by atoms with Crippen LogP contribution < -0.4 is 5.56 Å². The van der Waals surface area contributed by atoms with Crippen molar-refractivity contribution in [2.24, 2.45) is 5.11 Å². The fraction of sp³-hybridized carbons (Fsp3) is 0.250. The van der Waals surface area contributed by atoms with Gasteiger partial charge in [0.1, 0.15) is 5.52 Å². The number of azide groups is 1. The second kappa shape index (κ2) is 3.85. The van der Waals surface area contributed by atoms with Crippen LogP contribution in [-0.2, 0) is 6.54 Å². The Morgan fingerprint density at radius 3 is 3.20 bits per heavy atom. The van der Waals surface area contributed by atoms with E-state index in [0.29, 0.717) is 12.1 Å². The molecule has 2 aromatic heterocycles. The Kier molecular flexibility index (Phi) is 2.38. The van der Waals surface area contributed by atoms with Crippen LogP contribution in [0.25, 0.3) is 16.0 Å². The SMILES string of the molecule is [N-]=[N+]=NCCn1ccn2nccc2c1=O. The Hall–Kier alpha value is -2.27. The molecule has 0 aliphatic heterocycles. The number of rotatable bonds is 3. The first kappa shape index (κ1) is 9.29. The molecule has 0 spiro atoms. The van der Waals surface area contributed by atoms with Gasteiger partial charge in [-0.2, -0.15) is 5.10 Å². The van der Waals surface area contributed by atoms with Crippen LogP contribution in [0.5, 0.6) is 0 Å². The number of nitrogens with zero attached hydrogens (tertiary/aromatic N) is 6. The lowest BCUT2D eigenvalue weighted by Gasteiger charge is -2.02. The van der Waals surface area contributed by atoms with Gasteiger partial charge < -0.3 is 4.57 Å². The number of hydrogen-bond acceptors (Lipinski definition) is 3. The van der Waals surface area contributed by atoms with E-state index >= 15 is 0 Å². The van der Waals surface area contributed by atoms with Gasteiger partial charge in [-0.25, -0.2) is 4.52 Å². The lowest BCUT2D eigenvalue weighted by Crippen LogP contribution is -2.22. The lowest BCUT2D eigenvalue weighted by molar-refractivity contribution is 0.671. The fourth-order valence-corrected chi connectivity index (χ4v) is 1.33. The Bertz CT molecular complexity index is 576. The number of aromatic nitrogens is 3. The molecule has 2 heterocycles. The van der Waals surface area contributed by atoms with Crippen molar-refractivity contribution in [3.63, 3.8) is 0 Å². The van der Waals surface area contributed by atoms with Gasteiger partial charge in [0.25, 0.3) is 5.56 Å². The van der Waals surface area contributed by atoms with E-state index in [4.69, 9.17) is 5.53 Å². The molecule has 7 heteroatoms. The van der Waals surface area contributed by atoms with Crippen LogP contribution in [0.3, 0.4) is 0 Å². The van der Waals surface area contributed by atoms with E-state index in [9.17, 15) is 4.79 Å². The molecule has 76 valence electrons. The van der Waals surface area contributed by atoms with Crippen molar-refractivity contribution in [1.82, 2.24) is 14.2 Å². The zero-order valence-corrected chi connectivity index (χ0v) is 7.82. The zero-order chi connectivity index (χ0) is 10.7. The van der Waals surface area contributed by atoms with E-state index in [1.807, 2.05) is 0 Å². The monoisotopic (exact) mass is 204 g/mol.